The lowest BCUT2D eigenvalue weighted by Gasteiger charge is -2.04. The van der Waals surface area contributed by atoms with Crippen LogP contribution in [0, 0.1) is 0 Å². The monoisotopic (exact) mass is 303 g/mol. The van der Waals surface area contributed by atoms with Gasteiger partial charge in [0.05, 0.1) is 12.1 Å². The SMILES string of the molecule is CCCCCCSC[n+]1ccn(CC)c1-c1ccccc1. The van der Waals surface area contributed by atoms with Crippen molar-refractivity contribution in [3.05, 3.63) is 42.7 Å². The van der Waals surface area contributed by atoms with Crippen LogP contribution in [-0.4, -0.2) is 10.3 Å². The number of aryl methyl sites for hydroxylation is 1. The normalized spacial score (nSPS) is 11.0. The highest BCUT2D eigenvalue weighted by Crippen LogP contribution is 2.17. The van der Waals surface area contributed by atoms with E-state index >= 15 is 0 Å². The quantitative estimate of drug-likeness (QED) is 0.480. The van der Waals surface area contributed by atoms with Crippen molar-refractivity contribution in [1.82, 2.24) is 4.57 Å². The van der Waals surface area contributed by atoms with Gasteiger partial charge in [0.25, 0.3) is 5.82 Å². The van der Waals surface area contributed by atoms with E-state index in [0.717, 1.165) is 12.4 Å². The van der Waals surface area contributed by atoms with E-state index in [-0.39, 0.29) is 0 Å². The zero-order chi connectivity index (χ0) is 14.9. The maximum absolute atomic E-state index is 2.38. The number of unbranched alkanes of at least 4 members (excludes halogenated alkanes) is 3. The van der Waals surface area contributed by atoms with Crippen molar-refractivity contribution in [2.45, 2.75) is 52.0 Å². The van der Waals surface area contributed by atoms with Gasteiger partial charge in [-0.1, -0.05) is 44.4 Å². The molecule has 1 aromatic carbocycles. The van der Waals surface area contributed by atoms with Gasteiger partial charge in [-0.2, -0.15) is 0 Å². The zero-order valence-corrected chi connectivity index (χ0v) is 14.1. The molecule has 0 spiro atoms. The van der Waals surface area contributed by atoms with Gasteiger partial charge in [-0.3, -0.25) is 0 Å². The summed E-state index contributed by atoms with van der Waals surface area (Å²) in [6.07, 6.45) is 9.81. The largest absolute Gasteiger partial charge is 0.289 e. The summed E-state index contributed by atoms with van der Waals surface area (Å²) in [5.74, 6) is 3.63. The van der Waals surface area contributed by atoms with Gasteiger partial charge < -0.3 is 0 Å². The summed E-state index contributed by atoms with van der Waals surface area (Å²) in [6.45, 7) is 5.48. The summed E-state index contributed by atoms with van der Waals surface area (Å²) in [5.41, 5.74) is 1.30. The van der Waals surface area contributed by atoms with Crippen LogP contribution in [0.2, 0.25) is 0 Å². The summed E-state index contributed by atoms with van der Waals surface area (Å²) in [6, 6.07) is 10.7. The molecule has 0 radical (unpaired) electrons. The number of aromatic nitrogens is 2. The van der Waals surface area contributed by atoms with E-state index in [1.165, 1.54) is 42.8 Å². The van der Waals surface area contributed by atoms with Crippen LogP contribution in [0.1, 0.15) is 39.5 Å². The minimum atomic E-state index is 1.01. The molecular weight excluding hydrogens is 276 g/mol. The van der Waals surface area contributed by atoms with Crippen LogP contribution in [0.25, 0.3) is 11.4 Å². The third-order valence-electron chi connectivity index (χ3n) is 3.72. The topological polar surface area (TPSA) is 8.81 Å². The Hall–Kier alpha value is -1.22. The van der Waals surface area contributed by atoms with Crippen LogP contribution < -0.4 is 4.57 Å². The molecule has 0 aliphatic heterocycles. The van der Waals surface area contributed by atoms with Crippen molar-refractivity contribution in [3.63, 3.8) is 0 Å². The van der Waals surface area contributed by atoms with Crippen molar-refractivity contribution in [2.75, 3.05) is 5.75 Å². The summed E-state index contributed by atoms with van der Waals surface area (Å²) in [4.78, 5) is 0. The van der Waals surface area contributed by atoms with Crippen molar-refractivity contribution < 1.29 is 4.57 Å². The molecule has 21 heavy (non-hydrogen) atoms. The molecule has 1 heterocycles. The molecule has 2 rings (SSSR count). The average molecular weight is 303 g/mol. The third kappa shape index (κ3) is 4.63. The highest BCUT2D eigenvalue weighted by Gasteiger charge is 2.17. The summed E-state index contributed by atoms with van der Waals surface area (Å²) in [5, 5.41) is 0. The number of thioether (sulfide) groups is 1. The fourth-order valence-corrected chi connectivity index (χ4v) is 3.48. The van der Waals surface area contributed by atoms with Crippen molar-refractivity contribution in [2.24, 2.45) is 0 Å². The van der Waals surface area contributed by atoms with Crippen LogP contribution in [0.3, 0.4) is 0 Å². The Balaban J connectivity index is 1.99. The number of imidazole rings is 1. The van der Waals surface area contributed by atoms with Gasteiger partial charge in [-0.25, -0.2) is 9.13 Å². The molecule has 0 fully saturated rings. The van der Waals surface area contributed by atoms with Gasteiger partial charge in [0.15, 0.2) is 0 Å². The maximum Gasteiger partial charge on any atom is 0.289 e. The van der Waals surface area contributed by atoms with Gasteiger partial charge in [-0.15, -0.1) is 11.8 Å². The molecule has 0 saturated carbocycles. The molecule has 1 aromatic heterocycles. The van der Waals surface area contributed by atoms with Gasteiger partial charge >= 0.3 is 0 Å². The fourth-order valence-electron chi connectivity index (χ4n) is 2.54. The lowest BCUT2D eigenvalue weighted by molar-refractivity contribution is -0.664. The first kappa shape index (κ1) is 16.2. The summed E-state index contributed by atoms with van der Waals surface area (Å²) in [7, 11) is 0. The lowest BCUT2D eigenvalue weighted by atomic mass is 10.2. The van der Waals surface area contributed by atoms with E-state index in [0.29, 0.717) is 0 Å². The first-order valence-corrected chi connectivity index (χ1v) is 9.24. The van der Waals surface area contributed by atoms with Crippen LogP contribution in [0.5, 0.6) is 0 Å². The van der Waals surface area contributed by atoms with Crippen LogP contribution in [0.4, 0.5) is 0 Å². The molecular formula is C18H27N2S+. The Kier molecular flexibility index (Phi) is 6.87. The van der Waals surface area contributed by atoms with Crippen LogP contribution in [-0.2, 0) is 12.4 Å². The molecule has 0 unspecified atom stereocenters. The average Bonchev–Trinajstić information content (AvgIpc) is 2.94. The molecule has 0 saturated heterocycles. The Labute approximate surface area is 133 Å². The Morgan fingerprint density at radius 3 is 2.57 bits per heavy atom. The van der Waals surface area contributed by atoms with E-state index in [1.807, 2.05) is 11.8 Å². The lowest BCUT2D eigenvalue weighted by Crippen LogP contribution is -2.33. The Morgan fingerprint density at radius 2 is 1.86 bits per heavy atom. The molecule has 2 nitrogen and oxygen atoms in total. The van der Waals surface area contributed by atoms with E-state index in [9.17, 15) is 0 Å². The number of nitrogens with zero attached hydrogens (tertiary/aromatic N) is 2. The molecule has 0 aliphatic carbocycles. The summed E-state index contributed by atoms with van der Waals surface area (Å²) < 4.78 is 4.70. The number of hydrogen-bond acceptors (Lipinski definition) is 1. The molecule has 0 bridgehead atoms. The summed E-state index contributed by atoms with van der Waals surface area (Å²) >= 11 is 2.04. The number of hydrogen-bond donors (Lipinski definition) is 0. The molecule has 0 N–H and O–H groups in total. The number of rotatable bonds is 9. The van der Waals surface area contributed by atoms with E-state index in [2.05, 4.69) is 65.7 Å². The highest BCUT2D eigenvalue weighted by molar-refractivity contribution is 7.98. The minimum Gasteiger partial charge on any atom is -0.230 e. The highest BCUT2D eigenvalue weighted by atomic mass is 32.2. The zero-order valence-electron chi connectivity index (χ0n) is 13.3. The fraction of sp³-hybridized carbons (Fsp3) is 0.500. The van der Waals surface area contributed by atoms with E-state index < -0.39 is 0 Å². The molecule has 0 aliphatic rings. The van der Waals surface area contributed by atoms with Crippen molar-refractivity contribution >= 4 is 11.8 Å². The smallest absolute Gasteiger partial charge is 0.230 e. The van der Waals surface area contributed by atoms with Gasteiger partial charge in [0, 0.05) is 0 Å². The van der Waals surface area contributed by atoms with Crippen LogP contribution in [0.15, 0.2) is 42.7 Å². The second-order valence-electron chi connectivity index (χ2n) is 5.34. The second-order valence-corrected chi connectivity index (χ2v) is 6.42. The molecule has 114 valence electrons. The molecule has 0 amide bonds. The van der Waals surface area contributed by atoms with Crippen molar-refractivity contribution in [1.29, 1.82) is 0 Å². The second kappa shape index (κ2) is 8.93. The van der Waals surface area contributed by atoms with E-state index in [4.69, 9.17) is 0 Å². The van der Waals surface area contributed by atoms with Gasteiger partial charge in [0.1, 0.15) is 18.3 Å². The van der Waals surface area contributed by atoms with Gasteiger partial charge in [0.2, 0.25) is 0 Å². The minimum absolute atomic E-state index is 1.01. The van der Waals surface area contributed by atoms with Crippen LogP contribution >= 0.6 is 11.8 Å². The molecule has 2 aromatic rings. The predicted molar refractivity (Wildman–Crippen MR) is 92.3 cm³/mol. The van der Waals surface area contributed by atoms with Gasteiger partial charge in [-0.05, 0) is 31.2 Å². The molecule has 0 atom stereocenters. The Bertz CT molecular complexity index is 519. The predicted octanol–water partition coefficient (Wildman–Crippen LogP) is 4.73. The molecule has 3 heteroatoms. The first-order chi connectivity index (χ1) is 10.4. The Morgan fingerprint density at radius 1 is 1.05 bits per heavy atom. The maximum atomic E-state index is 2.38. The standard InChI is InChI=1S/C18H27N2S/c1-3-5-6-10-15-21-16-20-14-13-19(4-2)18(20)17-11-8-7-9-12-17/h7-9,11-14H,3-6,10,15-16H2,1-2H3/q+1. The first-order valence-electron chi connectivity index (χ1n) is 8.08. The van der Waals surface area contributed by atoms with E-state index in [1.54, 1.807) is 0 Å². The number of benzene rings is 1. The van der Waals surface area contributed by atoms with Crippen molar-refractivity contribution in [3.8, 4) is 11.4 Å². The third-order valence-corrected chi connectivity index (χ3v) is 4.75.